The summed E-state index contributed by atoms with van der Waals surface area (Å²) in [7, 11) is 0. The van der Waals surface area contributed by atoms with Crippen LogP contribution in [0.15, 0.2) is 24.5 Å². The number of rotatable bonds is 7. The molecule has 0 aliphatic carbocycles. The summed E-state index contributed by atoms with van der Waals surface area (Å²) in [6.07, 6.45) is -3.08. The van der Waals surface area contributed by atoms with Crippen LogP contribution >= 0.6 is 23.2 Å². The number of fused-ring (bicyclic) bond motifs is 1. The van der Waals surface area contributed by atoms with E-state index in [1.807, 2.05) is 0 Å². The molecular weight excluding hydrogens is 536 g/mol. The average molecular weight is 556 g/mol. The smallest absolute Gasteiger partial charge is 0.303 e. The van der Waals surface area contributed by atoms with Crippen LogP contribution in [0.5, 0.6) is 0 Å². The fourth-order valence-corrected chi connectivity index (χ4v) is 4.12. The molecule has 196 valence electrons. The zero-order chi connectivity index (χ0) is 26.9. The SMILES string of the molecule is CC(=O)OC[C@@H]1O[C@@H](n2cnc3c(Nc4ccc(Cl)cc4F)nc(Cl)nc32)[C@H](OC(C)=O)[C@@H]1OC(C)=O. The largest absolute Gasteiger partial charge is 0.463 e. The molecular formula is C22H20Cl2FN5O7. The van der Waals surface area contributed by atoms with Gasteiger partial charge in [-0.05, 0) is 29.8 Å². The highest BCUT2D eigenvalue weighted by Gasteiger charge is 2.51. The van der Waals surface area contributed by atoms with Gasteiger partial charge in [0.15, 0.2) is 35.4 Å². The van der Waals surface area contributed by atoms with Gasteiger partial charge in [0.1, 0.15) is 18.5 Å². The van der Waals surface area contributed by atoms with Crippen molar-refractivity contribution >= 4 is 63.8 Å². The van der Waals surface area contributed by atoms with Gasteiger partial charge in [-0.15, -0.1) is 0 Å². The summed E-state index contributed by atoms with van der Waals surface area (Å²) < 4.78 is 37.7. The molecule has 1 aliphatic heterocycles. The third-order valence-corrected chi connectivity index (χ3v) is 5.60. The van der Waals surface area contributed by atoms with E-state index in [-0.39, 0.29) is 39.6 Å². The summed E-state index contributed by atoms with van der Waals surface area (Å²) in [4.78, 5) is 47.7. The number of benzene rings is 1. The van der Waals surface area contributed by atoms with Crippen LogP contribution in [0.25, 0.3) is 11.2 Å². The lowest BCUT2D eigenvalue weighted by Gasteiger charge is -2.23. The van der Waals surface area contributed by atoms with Gasteiger partial charge in [0.2, 0.25) is 5.28 Å². The van der Waals surface area contributed by atoms with Gasteiger partial charge in [0.05, 0.1) is 12.0 Å². The molecule has 3 aromatic rings. The van der Waals surface area contributed by atoms with Crippen molar-refractivity contribution in [1.29, 1.82) is 0 Å². The third-order valence-electron chi connectivity index (χ3n) is 5.19. The first kappa shape index (κ1) is 26.5. The number of nitrogens with zero attached hydrogens (tertiary/aromatic N) is 4. The predicted molar refractivity (Wildman–Crippen MR) is 127 cm³/mol. The summed E-state index contributed by atoms with van der Waals surface area (Å²) in [6, 6.07) is 4.02. The fraction of sp³-hybridized carbons (Fsp3) is 0.364. The van der Waals surface area contributed by atoms with Gasteiger partial charge in [-0.3, -0.25) is 19.0 Å². The number of imidazole rings is 1. The minimum Gasteiger partial charge on any atom is -0.463 e. The molecule has 1 fully saturated rings. The second-order valence-electron chi connectivity index (χ2n) is 7.93. The first-order valence-electron chi connectivity index (χ1n) is 10.8. The van der Waals surface area contributed by atoms with Crippen molar-refractivity contribution in [2.45, 2.75) is 45.3 Å². The average Bonchev–Trinajstić information content (AvgIpc) is 3.35. The summed E-state index contributed by atoms with van der Waals surface area (Å²) in [6.45, 7) is 3.27. The molecule has 1 N–H and O–H groups in total. The molecule has 0 radical (unpaired) electrons. The van der Waals surface area contributed by atoms with Crippen LogP contribution in [0, 0.1) is 5.82 Å². The fourth-order valence-electron chi connectivity index (χ4n) is 3.80. The molecule has 0 bridgehead atoms. The lowest BCUT2D eigenvalue weighted by atomic mass is 10.1. The molecule has 1 aliphatic rings. The number of halogens is 3. The monoisotopic (exact) mass is 555 g/mol. The Kier molecular flexibility index (Phi) is 7.76. The molecule has 15 heteroatoms. The topological polar surface area (TPSA) is 144 Å². The molecule has 1 saturated heterocycles. The first-order valence-corrected chi connectivity index (χ1v) is 11.5. The van der Waals surface area contributed by atoms with E-state index >= 15 is 0 Å². The summed E-state index contributed by atoms with van der Waals surface area (Å²) in [5, 5.41) is 2.81. The minimum absolute atomic E-state index is 0.0568. The highest BCUT2D eigenvalue weighted by Crippen LogP contribution is 2.37. The lowest BCUT2D eigenvalue weighted by molar-refractivity contribution is -0.166. The normalized spacial score (nSPS) is 21.0. The summed E-state index contributed by atoms with van der Waals surface area (Å²) >= 11 is 12.0. The van der Waals surface area contributed by atoms with Crippen LogP contribution in [0.4, 0.5) is 15.9 Å². The number of carbonyl (C=O) groups excluding carboxylic acids is 3. The summed E-state index contributed by atoms with van der Waals surface area (Å²) in [5.74, 6) is -2.50. The van der Waals surface area contributed by atoms with Gasteiger partial charge >= 0.3 is 17.9 Å². The van der Waals surface area contributed by atoms with Crippen molar-refractivity contribution < 1.29 is 37.7 Å². The predicted octanol–water partition coefficient (Wildman–Crippen LogP) is 3.34. The maximum Gasteiger partial charge on any atom is 0.303 e. The third kappa shape index (κ3) is 5.89. The molecule has 4 atom stereocenters. The number of esters is 3. The zero-order valence-electron chi connectivity index (χ0n) is 19.6. The van der Waals surface area contributed by atoms with Gasteiger partial charge in [-0.1, -0.05) is 11.6 Å². The maximum absolute atomic E-state index is 14.4. The Bertz CT molecular complexity index is 1370. The van der Waals surface area contributed by atoms with Crippen molar-refractivity contribution in [2.24, 2.45) is 0 Å². The van der Waals surface area contributed by atoms with E-state index in [1.165, 1.54) is 43.8 Å². The van der Waals surface area contributed by atoms with Crippen molar-refractivity contribution in [1.82, 2.24) is 19.5 Å². The van der Waals surface area contributed by atoms with Crippen molar-refractivity contribution in [3.63, 3.8) is 0 Å². The highest BCUT2D eigenvalue weighted by molar-refractivity contribution is 6.30. The lowest BCUT2D eigenvalue weighted by Crippen LogP contribution is -2.40. The molecule has 4 rings (SSSR count). The highest BCUT2D eigenvalue weighted by atomic mass is 35.5. The van der Waals surface area contributed by atoms with Gasteiger partial charge in [0, 0.05) is 25.8 Å². The van der Waals surface area contributed by atoms with Gasteiger partial charge in [0.25, 0.3) is 0 Å². The number of nitrogens with one attached hydrogen (secondary N) is 1. The number of ether oxygens (including phenoxy) is 4. The van der Waals surface area contributed by atoms with E-state index in [0.717, 1.165) is 6.07 Å². The van der Waals surface area contributed by atoms with Crippen LogP contribution in [0.1, 0.15) is 27.0 Å². The van der Waals surface area contributed by atoms with E-state index in [4.69, 9.17) is 42.1 Å². The van der Waals surface area contributed by atoms with Gasteiger partial charge < -0.3 is 24.3 Å². The van der Waals surface area contributed by atoms with Crippen molar-refractivity contribution in [3.8, 4) is 0 Å². The quantitative estimate of drug-likeness (QED) is 0.260. The molecule has 12 nitrogen and oxygen atoms in total. The number of hydrogen-bond acceptors (Lipinski definition) is 11. The van der Waals surface area contributed by atoms with Crippen molar-refractivity contribution in [2.75, 3.05) is 11.9 Å². The first-order chi connectivity index (χ1) is 17.5. The number of aromatic nitrogens is 4. The van der Waals surface area contributed by atoms with Crippen LogP contribution in [0.2, 0.25) is 10.3 Å². The molecule has 0 unspecified atom stereocenters. The molecule has 0 saturated carbocycles. The molecule has 0 amide bonds. The van der Waals surface area contributed by atoms with Crippen LogP contribution < -0.4 is 5.32 Å². The molecule has 0 spiro atoms. The molecule has 1 aromatic carbocycles. The number of hydrogen-bond donors (Lipinski definition) is 1. The standard InChI is InChI=1S/C22H20Cl2FN5O7/c1-9(31)34-7-15-17(35-10(2)32)18(36-11(3)33)21(37-15)30-8-26-16-19(28-22(24)29-20(16)30)27-14-5-4-12(23)6-13(14)25/h4-6,8,15,17-18,21H,7H2,1-3H3,(H,27,28,29)/t15-,17+,18+,21+/m0/s1. The Morgan fingerprint density at radius 2 is 1.78 bits per heavy atom. The van der Waals surface area contributed by atoms with E-state index in [9.17, 15) is 18.8 Å². The van der Waals surface area contributed by atoms with Gasteiger partial charge in [-0.2, -0.15) is 9.97 Å². The van der Waals surface area contributed by atoms with Crippen LogP contribution in [0.3, 0.4) is 0 Å². The second-order valence-corrected chi connectivity index (χ2v) is 8.70. The minimum atomic E-state index is -1.17. The molecule has 3 heterocycles. The van der Waals surface area contributed by atoms with E-state index in [1.54, 1.807) is 0 Å². The van der Waals surface area contributed by atoms with Crippen LogP contribution in [-0.2, 0) is 33.3 Å². The van der Waals surface area contributed by atoms with Gasteiger partial charge in [-0.25, -0.2) is 9.37 Å². The Balaban J connectivity index is 1.75. The second kappa shape index (κ2) is 10.8. The van der Waals surface area contributed by atoms with Crippen molar-refractivity contribution in [3.05, 3.63) is 40.6 Å². The Hall–Kier alpha value is -3.55. The maximum atomic E-state index is 14.4. The van der Waals surface area contributed by atoms with E-state index < -0.39 is 48.3 Å². The molecule has 2 aromatic heterocycles. The number of carbonyl (C=O) groups is 3. The van der Waals surface area contributed by atoms with E-state index in [2.05, 4.69) is 20.3 Å². The van der Waals surface area contributed by atoms with Crippen LogP contribution in [-0.4, -0.2) is 62.3 Å². The Morgan fingerprint density at radius 1 is 1.08 bits per heavy atom. The summed E-state index contributed by atoms with van der Waals surface area (Å²) in [5.41, 5.74) is 0.367. The zero-order valence-corrected chi connectivity index (χ0v) is 21.1. The van der Waals surface area contributed by atoms with E-state index in [0.29, 0.717) is 0 Å². The Labute approximate surface area is 219 Å². The number of anilines is 2. The molecule has 37 heavy (non-hydrogen) atoms. The Morgan fingerprint density at radius 3 is 2.43 bits per heavy atom.